The fourth-order valence-corrected chi connectivity index (χ4v) is 4.97. The molecule has 0 saturated carbocycles. The summed E-state index contributed by atoms with van der Waals surface area (Å²) in [7, 11) is 0. The lowest BCUT2D eigenvalue weighted by Gasteiger charge is -2.32. The van der Waals surface area contributed by atoms with E-state index >= 15 is 0 Å². The monoisotopic (exact) mass is 609 g/mol. The van der Waals surface area contributed by atoms with Gasteiger partial charge in [-0.3, -0.25) is 4.90 Å². The number of benzene rings is 2. The molecule has 0 fully saturated rings. The third-order valence-electron chi connectivity index (χ3n) is 6.92. The van der Waals surface area contributed by atoms with E-state index in [0.717, 1.165) is 17.7 Å². The van der Waals surface area contributed by atoms with E-state index in [9.17, 15) is 10.2 Å². The van der Waals surface area contributed by atoms with E-state index in [1.165, 1.54) is 5.56 Å². The predicted octanol–water partition coefficient (Wildman–Crippen LogP) is 6.12. The van der Waals surface area contributed by atoms with Crippen molar-refractivity contribution in [2.75, 3.05) is 32.9 Å². The smallest absolute Gasteiger partial charge is 0.129 e. The molecule has 0 bridgehead atoms. The van der Waals surface area contributed by atoms with Crippen molar-refractivity contribution in [2.45, 2.75) is 38.0 Å². The summed E-state index contributed by atoms with van der Waals surface area (Å²) in [5.74, 6) is 0.778. The van der Waals surface area contributed by atoms with Gasteiger partial charge in [0.05, 0.1) is 24.6 Å². The molecular formula is C33H37Cl2N3O4. The van der Waals surface area contributed by atoms with Gasteiger partial charge in [-0.15, -0.1) is 0 Å². The molecule has 0 amide bonds. The number of aliphatic hydroxyl groups excluding tert-OH is 2. The lowest BCUT2D eigenvalue weighted by Crippen LogP contribution is -2.40. The first kappa shape index (κ1) is 31.9. The molecule has 2 N–H and O–H groups in total. The van der Waals surface area contributed by atoms with Crippen LogP contribution in [0.2, 0.25) is 10.3 Å². The summed E-state index contributed by atoms with van der Waals surface area (Å²) in [5.41, 5.74) is 3.30. The Kier molecular flexibility index (Phi) is 12.6. The summed E-state index contributed by atoms with van der Waals surface area (Å²) in [5, 5.41) is 22.6. The van der Waals surface area contributed by atoms with Crippen molar-refractivity contribution in [1.82, 2.24) is 14.9 Å². The second-order valence-corrected chi connectivity index (χ2v) is 10.9. The molecule has 2 heterocycles. The molecule has 3 atom stereocenters. The summed E-state index contributed by atoms with van der Waals surface area (Å²) in [6, 6.07) is 28.5. The summed E-state index contributed by atoms with van der Waals surface area (Å²) in [4.78, 5) is 10.5. The van der Waals surface area contributed by atoms with Crippen molar-refractivity contribution < 1.29 is 19.7 Å². The van der Waals surface area contributed by atoms with Gasteiger partial charge in [-0.1, -0.05) is 77.8 Å². The summed E-state index contributed by atoms with van der Waals surface area (Å²) < 4.78 is 11.6. The molecule has 0 saturated heterocycles. The number of hydrogen-bond donors (Lipinski definition) is 2. The van der Waals surface area contributed by atoms with Crippen molar-refractivity contribution >= 4 is 23.2 Å². The van der Waals surface area contributed by atoms with Crippen molar-refractivity contribution in [3.63, 3.8) is 0 Å². The van der Waals surface area contributed by atoms with Crippen LogP contribution in [0.3, 0.4) is 0 Å². The average molecular weight is 611 g/mol. The Hall–Kier alpha value is -3.04. The SMILES string of the molecule is C[C@H](Cc1ccc(OCCOCCc2ccccc2)cc1)N(C[C@@H](O)c1cccc(Cl)n1)C[C@H](O)c1cccc(Cl)n1. The van der Waals surface area contributed by atoms with Gasteiger partial charge in [0.15, 0.2) is 0 Å². The lowest BCUT2D eigenvalue weighted by molar-refractivity contribution is 0.0452. The molecule has 0 spiro atoms. The number of pyridine rings is 2. The number of hydrogen-bond acceptors (Lipinski definition) is 7. The average Bonchev–Trinajstić information content (AvgIpc) is 2.99. The molecule has 0 unspecified atom stereocenters. The maximum Gasteiger partial charge on any atom is 0.129 e. The predicted molar refractivity (Wildman–Crippen MR) is 166 cm³/mol. The second kappa shape index (κ2) is 16.6. The van der Waals surface area contributed by atoms with Gasteiger partial charge in [0, 0.05) is 19.1 Å². The first-order valence-corrected chi connectivity index (χ1v) is 14.8. The van der Waals surface area contributed by atoms with E-state index in [1.807, 2.05) is 47.4 Å². The fourth-order valence-electron chi connectivity index (χ4n) is 4.63. The number of halogens is 2. The van der Waals surface area contributed by atoms with Crippen LogP contribution in [0.25, 0.3) is 0 Å². The van der Waals surface area contributed by atoms with Crippen LogP contribution in [0.1, 0.15) is 41.6 Å². The third kappa shape index (κ3) is 10.3. The van der Waals surface area contributed by atoms with Crippen LogP contribution in [0.15, 0.2) is 91.0 Å². The molecule has 4 aromatic rings. The zero-order chi connectivity index (χ0) is 29.7. The summed E-state index contributed by atoms with van der Waals surface area (Å²) in [6.45, 7) is 4.21. The van der Waals surface area contributed by atoms with Crippen LogP contribution in [0, 0.1) is 0 Å². The Morgan fingerprint density at radius 2 is 1.29 bits per heavy atom. The summed E-state index contributed by atoms with van der Waals surface area (Å²) in [6.07, 6.45) is -0.217. The quantitative estimate of drug-likeness (QED) is 0.117. The van der Waals surface area contributed by atoms with E-state index in [0.29, 0.717) is 47.9 Å². The van der Waals surface area contributed by atoms with E-state index in [1.54, 1.807) is 36.4 Å². The molecule has 4 rings (SSSR count). The topological polar surface area (TPSA) is 87.9 Å². The summed E-state index contributed by atoms with van der Waals surface area (Å²) >= 11 is 12.1. The van der Waals surface area contributed by atoms with E-state index in [4.69, 9.17) is 32.7 Å². The molecule has 0 aliphatic rings. The number of nitrogens with zero attached hydrogens (tertiary/aromatic N) is 3. The minimum Gasteiger partial charge on any atom is -0.491 e. The van der Waals surface area contributed by atoms with Crippen molar-refractivity contribution in [3.05, 3.63) is 124 Å². The van der Waals surface area contributed by atoms with E-state index in [-0.39, 0.29) is 19.1 Å². The molecule has 2 aromatic carbocycles. The number of ether oxygens (including phenoxy) is 2. The van der Waals surface area contributed by atoms with Gasteiger partial charge < -0.3 is 19.7 Å². The molecular weight excluding hydrogens is 573 g/mol. The Morgan fingerprint density at radius 3 is 1.86 bits per heavy atom. The lowest BCUT2D eigenvalue weighted by atomic mass is 10.0. The highest BCUT2D eigenvalue weighted by Gasteiger charge is 2.24. The molecule has 0 aliphatic carbocycles. The van der Waals surface area contributed by atoms with E-state index < -0.39 is 12.2 Å². The molecule has 222 valence electrons. The molecule has 9 heteroatoms. The number of aliphatic hydroxyl groups is 2. The highest BCUT2D eigenvalue weighted by atomic mass is 35.5. The standard InChI is InChI=1S/C33H37Cl2N3O4/c1-24(21-26-13-15-27(16-14-26)42-20-19-41-18-17-25-7-3-2-4-8-25)38(22-30(39)28-9-5-11-32(34)36-28)23-31(40)29-10-6-12-33(35)37-29/h2-16,24,30-31,39-40H,17-23H2,1H3/t24-,30-,31+/m1/s1. The van der Waals surface area contributed by atoms with Gasteiger partial charge in [0.1, 0.15) is 34.9 Å². The molecule has 0 aliphatic heterocycles. The second-order valence-electron chi connectivity index (χ2n) is 10.1. The van der Waals surface area contributed by atoms with Gasteiger partial charge in [0.25, 0.3) is 0 Å². The van der Waals surface area contributed by atoms with Gasteiger partial charge >= 0.3 is 0 Å². The Morgan fingerprint density at radius 1 is 0.690 bits per heavy atom. The highest BCUT2D eigenvalue weighted by Crippen LogP contribution is 2.22. The van der Waals surface area contributed by atoms with Crippen LogP contribution in [-0.2, 0) is 17.6 Å². The van der Waals surface area contributed by atoms with Crippen molar-refractivity contribution in [1.29, 1.82) is 0 Å². The van der Waals surface area contributed by atoms with Crippen molar-refractivity contribution in [3.8, 4) is 5.75 Å². The Bertz CT molecular complexity index is 1310. The first-order valence-electron chi connectivity index (χ1n) is 14.1. The largest absolute Gasteiger partial charge is 0.491 e. The van der Waals surface area contributed by atoms with Crippen molar-refractivity contribution in [2.24, 2.45) is 0 Å². The number of rotatable bonds is 16. The highest BCUT2D eigenvalue weighted by molar-refractivity contribution is 6.29. The number of aromatic nitrogens is 2. The molecule has 42 heavy (non-hydrogen) atoms. The maximum atomic E-state index is 11.0. The minimum atomic E-state index is -0.892. The molecule has 0 radical (unpaired) electrons. The van der Waals surface area contributed by atoms with Crippen LogP contribution in [0.4, 0.5) is 0 Å². The zero-order valence-electron chi connectivity index (χ0n) is 23.7. The van der Waals surface area contributed by atoms with Crippen LogP contribution in [0.5, 0.6) is 5.75 Å². The first-order chi connectivity index (χ1) is 20.4. The maximum absolute atomic E-state index is 11.0. The van der Waals surface area contributed by atoms with Gasteiger partial charge in [-0.05, 0) is 67.3 Å². The van der Waals surface area contributed by atoms with Crippen LogP contribution < -0.4 is 4.74 Å². The molecule has 7 nitrogen and oxygen atoms in total. The Balaban J connectivity index is 1.31. The van der Waals surface area contributed by atoms with Gasteiger partial charge in [-0.25, -0.2) is 9.97 Å². The van der Waals surface area contributed by atoms with Gasteiger partial charge in [0.2, 0.25) is 0 Å². The zero-order valence-corrected chi connectivity index (χ0v) is 25.2. The Labute approximate surface area is 257 Å². The normalized spacial score (nSPS) is 13.6. The fraction of sp³-hybridized carbons (Fsp3) is 0.333. The van der Waals surface area contributed by atoms with E-state index in [2.05, 4.69) is 29.0 Å². The molecule has 2 aromatic heterocycles. The van der Waals surface area contributed by atoms with Crippen LogP contribution >= 0.6 is 23.2 Å². The minimum absolute atomic E-state index is 0.0301. The van der Waals surface area contributed by atoms with Gasteiger partial charge in [-0.2, -0.15) is 0 Å². The van der Waals surface area contributed by atoms with Crippen LogP contribution in [-0.4, -0.2) is 64.0 Å². The third-order valence-corrected chi connectivity index (χ3v) is 7.34.